The lowest BCUT2D eigenvalue weighted by Gasteiger charge is -2.22. The van der Waals surface area contributed by atoms with E-state index in [9.17, 15) is 9.18 Å². The first-order chi connectivity index (χ1) is 12.2. The fourth-order valence-electron chi connectivity index (χ4n) is 3.62. The van der Waals surface area contributed by atoms with Crippen LogP contribution < -0.4 is 0 Å². The van der Waals surface area contributed by atoms with E-state index in [2.05, 4.69) is 16.0 Å². The minimum absolute atomic E-state index is 0.0719. The van der Waals surface area contributed by atoms with E-state index in [0.29, 0.717) is 13.0 Å². The molecule has 0 radical (unpaired) electrons. The van der Waals surface area contributed by atoms with Crippen LogP contribution in [-0.2, 0) is 17.7 Å². The molecule has 2 aliphatic heterocycles. The number of nitrogens with zero attached hydrogens (tertiary/aromatic N) is 3. The fourth-order valence-corrected chi connectivity index (χ4v) is 3.62. The Morgan fingerprint density at radius 2 is 2.00 bits per heavy atom. The highest BCUT2D eigenvalue weighted by atomic mass is 19.1. The lowest BCUT2D eigenvalue weighted by molar-refractivity contribution is 0.120. The van der Waals surface area contributed by atoms with Crippen molar-refractivity contribution in [2.75, 3.05) is 19.6 Å². The Kier molecular flexibility index (Phi) is 4.36. The second kappa shape index (κ2) is 6.80. The minimum Gasteiger partial charge on any atom is -0.442 e. The van der Waals surface area contributed by atoms with Gasteiger partial charge in [0.05, 0.1) is 6.04 Å². The van der Waals surface area contributed by atoms with Crippen LogP contribution in [0.4, 0.5) is 9.18 Å². The molecule has 0 aliphatic carbocycles. The van der Waals surface area contributed by atoms with Gasteiger partial charge in [-0.3, -0.25) is 14.8 Å². The predicted octanol–water partition coefficient (Wildman–Crippen LogP) is 2.47. The standard InChI is InChI=1S/C19H20FN3O2/c20-16-5-3-14(4-6-16)7-9-23-17-12-22(13-18(17)25-19(23)24)11-15-2-1-8-21-10-15/h1-6,8,10,17-18H,7,9,11-13H2/t17-,18+/m0/s1. The van der Waals surface area contributed by atoms with Gasteiger partial charge in [0.1, 0.15) is 11.9 Å². The summed E-state index contributed by atoms with van der Waals surface area (Å²) in [5.74, 6) is -0.244. The first-order valence-electron chi connectivity index (χ1n) is 8.52. The number of carbonyl (C=O) groups excluding carboxylic acids is 1. The van der Waals surface area contributed by atoms with Gasteiger partial charge in [-0.1, -0.05) is 18.2 Å². The van der Waals surface area contributed by atoms with Gasteiger partial charge >= 0.3 is 6.09 Å². The van der Waals surface area contributed by atoms with E-state index >= 15 is 0 Å². The third-order valence-electron chi connectivity index (χ3n) is 4.88. The molecule has 0 N–H and O–H groups in total. The first kappa shape index (κ1) is 16.0. The molecule has 25 heavy (non-hydrogen) atoms. The Balaban J connectivity index is 1.37. The molecule has 0 bridgehead atoms. The van der Waals surface area contributed by atoms with E-state index in [1.165, 1.54) is 12.1 Å². The number of carbonyl (C=O) groups is 1. The van der Waals surface area contributed by atoms with E-state index in [1.807, 2.05) is 17.2 Å². The van der Waals surface area contributed by atoms with E-state index in [1.54, 1.807) is 18.3 Å². The number of benzene rings is 1. The number of hydrogen-bond acceptors (Lipinski definition) is 4. The van der Waals surface area contributed by atoms with Crippen LogP contribution in [0.15, 0.2) is 48.8 Å². The monoisotopic (exact) mass is 341 g/mol. The number of ether oxygens (including phenoxy) is 1. The van der Waals surface area contributed by atoms with Crippen molar-refractivity contribution in [2.24, 2.45) is 0 Å². The highest BCUT2D eigenvalue weighted by Crippen LogP contribution is 2.28. The Morgan fingerprint density at radius 1 is 1.16 bits per heavy atom. The minimum atomic E-state index is -0.244. The molecular formula is C19H20FN3O2. The van der Waals surface area contributed by atoms with Gasteiger partial charge in [0.25, 0.3) is 0 Å². The van der Waals surface area contributed by atoms with E-state index in [-0.39, 0.29) is 24.1 Å². The average Bonchev–Trinajstić information content (AvgIpc) is 3.12. The number of aromatic nitrogens is 1. The number of fused-ring (bicyclic) bond motifs is 1. The van der Waals surface area contributed by atoms with Gasteiger partial charge < -0.3 is 4.74 Å². The summed E-state index contributed by atoms with van der Waals surface area (Å²) in [7, 11) is 0. The second-order valence-corrected chi connectivity index (χ2v) is 6.61. The highest BCUT2D eigenvalue weighted by Gasteiger charge is 2.47. The normalized spacial score (nSPS) is 22.9. The number of pyridine rings is 1. The van der Waals surface area contributed by atoms with Gasteiger partial charge in [-0.15, -0.1) is 0 Å². The van der Waals surface area contributed by atoms with Gasteiger partial charge in [0.2, 0.25) is 0 Å². The maximum Gasteiger partial charge on any atom is 0.410 e. The van der Waals surface area contributed by atoms with Crippen LogP contribution in [0.2, 0.25) is 0 Å². The summed E-state index contributed by atoms with van der Waals surface area (Å²) in [6.07, 6.45) is 4.02. The van der Waals surface area contributed by atoms with E-state index in [4.69, 9.17) is 4.74 Å². The number of amides is 1. The van der Waals surface area contributed by atoms with Crippen molar-refractivity contribution in [3.8, 4) is 0 Å². The molecule has 2 fully saturated rings. The summed E-state index contributed by atoms with van der Waals surface area (Å²) in [6.45, 7) is 2.95. The third kappa shape index (κ3) is 3.49. The largest absolute Gasteiger partial charge is 0.442 e. The zero-order chi connectivity index (χ0) is 17.2. The first-order valence-corrected chi connectivity index (χ1v) is 8.52. The Labute approximate surface area is 146 Å². The summed E-state index contributed by atoms with van der Waals surface area (Å²) in [5, 5.41) is 0. The molecule has 6 heteroatoms. The molecule has 0 saturated carbocycles. The number of likely N-dealkylation sites (tertiary alicyclic amines) is 1. The summed E-state index contributed by atoms with van der Waals surface area (Å²) in [4.78, 5) is 20.4. The van der Waals surface area contributed by atoms with Crippen LogP contribution in [0.3, 0.4) is 0 Å². The molecule has 2 atom stereocenters. The lowest BCUT2D eigenvalue weighted by Crippen LogP contribution is -2.39. The Hall–Kier alpha value is -2.47. The van der Waals surface area contributed by atoms with Crippen LogP contribution in [0.25, 0.3) is 0 Å². The van der Waals surface area contributed by atoms with Crippen molar-refractivity contribution in [3.63, 3.8) is 0 Å². The SMILES string of the molecule is O=C1O[C@@H]2CN(Cc3cccnc3)C[C@@H]2N1CCc1ccc(F)cc1. The smallest absolute Gasteiger partial charge is 0.410 e. The molecule has 2 saturated heterocycles. The molecule has 2 aliphatic rings. The topological polar surface area (TPSA) is 45.7 Å². The lowest BCUT2D eigenvalue weighted by atomic mass is 10.1. The molecule has 5 nitrogen and oxygen atoms in total. The highest BCUT2D eigenvalue weighted by molar-refractivity contribution is 5.71. The summed E-state index contributed by atoms with van der Waals surface area (Å²) >= 11 is 0. The van der Waals surface area contributed by atoms with Crippen LogP contribution in [-0.4, -0.2) is 52.7 Å². The molecule has 3 heterocycles. The average molecular weight is 341 g/mol. The van der Waals surface area contributed by atoms with Crippen LogP contribution in [0.5, 0.6) is 0 Å². The van der Waals surface area contributed by atoms with E-state index < -0.39 is 0 Å². The maximum atomic E-state index is 13.0. The van der Waals surface area contributed by atoms with Crippen LogP contribution >= 0.6 is 0 Å². The zero-order valence-electron chi connectivity index (χ0n) is 13.8. The summed E-state index contributed by atoms with van der Waals surface area (Å²) in [6, 6.07) is 10.5. The summed E-state index contributed by atoms with van der Waals surface area (Å²) in [5.41, 5.74) is 2.18. The van der Waals surface area contributed by atoms with Crippen LogP contribution in [0.1, 0.15) is 11.1 Å². The van der Waals surface area contributed by atoms with Crippen molar-refractivity contribution in [1.29, 1.82) is 0 Å². The van der Waals surface area contributed by atoms with Crippen molar-refractivity contribution in [2.45, 2.75) is 25.1 Å². The van der Waals surface area contributed by atoms with Crippen molar-refractivity contribution in [3.05, 3.63) is 65.7 Å². The number of rotatable bonds is 5. The molecule has 1 amide bonds. The molecule has 130 valence electrons. The van der Waals surface area contributed by atoms with Crippen molar-refractivity contribution >= 4 is 6.09 Å². The number of hydrogen-bond donors (Lipinski definition) is 0. The summed E-state index contributed by atoms with van der Waals surface area (Å²) < 4.78 is 18.5. The van der Waals surface area contributed by atoms with Gasteiger partial charge in [-0.25, -0.2) is 9.18 Å². The fraction of sp³-hybridized carbons (Fsp3) is 0.368. The molecule has 0 unspecified atom stereocenters. The van der Waals surface area contributed by atoms with E-state index in [0.717, 1.165) is 30.8 Å². The molecule has 1 aromatic carbocycles. The molecule has 2 aromatic rings. The van der Waals surface area contributed by atoms with Gasteiger partial charge in [0.15, 0.2) is 0 Å². The quantitative estimate of drug-likeness (QED) is 0.838. The molecular weight excluding hydrogens is 321 g/mol. The predicted molar refractivity (Wildman–Crippen MR) is 90.4 cm³/mol. The van der Waals surface area contributed by atoms with Crippen molar-refractivity contribution in [1.82, 2.24) is 14.8 Å². The van der Waals surface area contributed by atoms with Gasteiger partial charge in [0, 0.05) is 38.6 Å². The van der Waals surface area contributed by atoms with Crippen LogP contribution in [0, 0.1) is 5.82 Å². The third-order valence-corrected chi connectivity index (χ3v) is 4.88. The molecule has 0 spiro atoms. The number of halogens is 1. The van der Waals surface area contributed by atoms with Gasteiger partial charge in [-0.2, -0.15) is 0 Å². The second-order valence-electron chi connectivity index (χ2n) is 6.61. The Morgan fingerprint density at radius 3 is 2.76 bits per heavy atom. The van der Waals surface area contributed by atoms with Gasteiger partial charge in [-0.05, 0) is 35.7 Å². The zero-order valence-corrected chi connectivity index (χ0v) is 13.8. The van der Waals surface area contributed by atoms with Crippen molar-refractivity contribution < 1.29 is 13.9 Å². The molecule has 1 aromatic heterocycles. The Bertz CT molecular complexity index is 738. The maximum absolute atomic E-state index is 13.0. The molecule has 4 rings (SSSR count).